The molecule has 3 N–H and O–H groups in total. The molecule has 1 atom stereocenters. The van der Waals surface area contributed by atoms with Crippen molar-refractivity contribution in [2.75, 3.05) is 6.54 Å². The highest BCUT2D eigenvalue weighted by atomic mass is 32.2. The van der Waals surface area contributed by atoms with E-state index in [0.717, 1.165) is 11.1 Å². The molecular weight excluding hydrogens is 260 g/mol. The van der Waals surface area contributed by atoms with E-state index in [-0.39, 0.29) is 18.0 Å². The molecule has 0 fully saturated rings. The highest BCUT2D eigenvalue weighted by molar-refractivity contribution is 7.89. The van der Waals surface area contributed by atoms with Gasteiger partial charge in [-0.2, -0.15) is 0 Å². The Kier molecular flexibility index (Phi) is 4.76. The first kappa shape index (κ1) is 16.1. The molecule has 0 aliphatic rings. The summed E-state index contributed by atoms with van der Waals surface area (Å²) in [6, 6.07) is 4.84. The number of hydrogen-bond acceptors (Lipinski definition) is 3. The number of rotatable bonds is 4. The van der Waals surface area contributed by atoms with Gasteiger partial charge in [0.25, 0.3) is 0 Å². The van der Waals surface area contributed by atoms with E-state index < -0.39 is 10.0 Å². The maximum Gasteiger partial charge on any atom is 0.240 e. The second-order valence-electron chi connectivity index (χ2n) is 6.02. The summed E-state index contributed by atoms with van der Waals surface area (Å²) in [5, 5.41) is 0. The van der Waals surface area contributed by atoms with Crippen LogP contribution in [-0.4, -0.2) is 21.0 Å². The van der Waals surface area contributed by atoms with Gasteiger partial charge in [-0.25, -0.2) is 13.1 Å². The fourth-order valence-corrected chi connectivity index (χ4v) is 3.25. The Hall–Kier alpha value is -0.910. The number of nitrogens with one attached hydrogen (secondary N) is 1. The van der Waals surface area contributed by atoms with Crippen LogP contribution in [0.15, 0.2) is 23.1 Å². The molecule has 0 saturated heterocycles. The fourth-order valence-electron chi connectivity index (χ4n) is 1.71. The molecule has 0 aliphatic heterocycles. The summed E-state index contributed by atoms with van der Waals surface area (Å²) in [5.74, 6) is 0. The topological polar surface area (TPSA) is 72.2 Å². The highest BCUT2D eigenvalue weighted by Gasteiger charge is 2.28. The van der Waals surface area contributed by atoms with Crippen LogP contribution >= 0.6 is 0 Å². The Morgan fingerprint density at radius 1 is 1.21 bits per heavy atom. The van der Waals surface area contributed by atoms with Crippen molar-refractivity contribution in [1.82, 2.24) is 4.72 Å². The van der Waals surface area contributed by atoms with Gasteiger partial charge in [0.1, 0.15) is 0 Å². The first-order chi connectivity index (χ1) is 8.58. The van der Waals surface area contributed by atoms with Crippen molar-refractivity contribution >= 4 is 10.0 Å². The van der Waals surface area contributed by atoms with Gasteiger partial charge in [-0.1, -0.05) is 26.8 Å². The number of sulfonamides is 1. The SMILES string of the molecule is Cc1ccc(S(=O)(=O)NC(CN)C(C)(C)C)cc1C. The van der Waals surface area contributed by atoms with Crippen molar-refractivity contribution in [3.63, 3.8) is 0 Å². The molecule has 1 aromatic carbocycles. The van der Waals surface area contributed by atoms with Crippen LogP contribution in [-0.2, 0) is 10.0 Å². The van der Waals surface area contributed by atoms with Crippen molar-refractivity contribution in [1.29, 1.82) is 0 Å². The van der Waals surface area contributed by atoms with Gasteiger partial charge >= 0.3 is 0 Å². The predicted molar refractivity (Wildman–Crippen MR) is 78.5 cm³/mol. The fraction of sp³-hybridized carbons (Fsp3) is 0.571. The zero-order valence-electron chi connectivity index (χ0n) is 12.3. The molecular formula is C14H24N2O2S. The molecule has 0 heterocycles. The van der Waals surface area contributed by atoms with Crippen molar-refractivity contribution in [3.8, 4) is 0 Å². The quantitative estimate of drug-likeness (QED) is 0.887. The summed E-state index contributed by atoms with van der Waals surface area (Å²) in [6.07, 6.45) is 0. The standard InChI is InChI=1S/C14H24N2O2S/c1-10-6-7-12(8-11(10)2)19(17,18)16-13(9-15)14(3,4)5/h6-8,13,16H,9,15H2,1-5H3. The summed E-state index contributed by atoms with van der Waals surface area (Å²) in [5.41, 5.74) is 7.49. The molecule has 19 heavy (non-hydrogen) atoms. The zero-order chi connectivity index (χ0) is 14.8. The molecule has 0 saturated carbocycles. The average Bonchev–Trinajstić information content (AvgIpc) is 2.28. The van der Waals surface area contributed by atoms with Crippen molar-refractivity contribution < 1.29 is 8.42 Å². The van der Waals surface area contributed by atoms with Crippen molar-refractivity contribution in [3.05, 3.63) is 29.3 Å². The van der Waals surface area contributed by atoms with E-state index in [0.29, 0.717) is 4.90 Å². The van der Waals surface area contributed by atoms with Crippen LogP contribution in [0.4, 0.5) is 0 Å². The van der Waals surface area contributed by atoms with E-state index in [1.165, 1.54) is 0 Å². The molecule has 0 aromatic heterocycles. The van der Waals surface area contributed by atoms with Crippen LogP contribution in [0.25, 0.3) is 0 Å². The normalized spacial score (nSPS) is 14.4. The lowest BCUT2D eigenvalue weighted by Gasteiger charge is -2.30. The molecule has 0 aliphatic carbocycles. The molecule has 0 radical (unpaired) electrons. The van der Waals surface area contributed by atoms with E-state index in [2.05, 4.69) is 4.72 Å². The van der Waals surface area contributed by atoms with Crippen LogP contribution in [0.5, 0.6) is 0 Å². The number of hydrogen-bond donors (Lipinski definition) is 2. The molecule has 5 heteroatoms. The number of benzene rings is 1. The second kappa shape index (κ2) is 5.61. The Labute approximate surface area is 116 Å². The molecule has 1 aromatic rings. The minimum absolute atomic E-state index is 0.221. The van der Waals surface area contributed by atoms with Gasteiger partial charge in [-0.3, -0.25) is 0 Å². The molecule has 0 amide bonds. The van der Waals surface area contributed by atoms with Crippen molar-refractivity contribution in [2.45, 2.75) is 45.6 Å². The smallest absolute Gasteiger partial charge is 0.240 e. The maximum absolute atomic E-state index is 12.3. The van der Waals surface area contributed by atoms with Gasteiger partial charge in [-0.15, -0.1) is 0 Å². The third-order valence-electron chi connectivity index (χ3n) is 3.37. The van der Waals surface area contributed by atoms with Gasteiger partial charge in [0.2, 0.25) is 10.0 Å². The molecule has 1 unspecified atom stereocenters. The lowest BCUT2D eigenvalue weighted by molar-refractivity contribution is 0.304. The summed E-state index contributed by atoms with van der Waals surface area (Å²) < 4.78 is 27.4. The van der Waals surface area contributed by atoms with E-state index >= 15 is 0 Å². The second-order valence-corrected chi connectivity index (χ2v) is 7.74. The van der Waals surface area contributed by atoms with Gasteiger partial charge in [0.15, 0.2) is 0 Å². The summed E-state index contributed by atoms with van der Waals surface area (Å²) >= 11 is 0. The largest absolute Gasteiger partial charge is 0.329 e. The van der Waals surface area contributed by atoms with E-state index in [9.17, 15) is 8.42 Å². The Bertz CT molecular complexity index is 545. The Balaban J connectivity index is 3.07. The Morgan fingerprint density at radius 2 is 1.79 bits per heavy atom. The maximum atomic E-state index is 12.3. The van der Waals surface area contributed by atoms with E-state index in [1.54, 1.807) is 12.1 Å². The average molecular weight is 284 g/mol. The van der Waals surface area contributed by atoms with Crippen LogP contribution in [0, 0.1) is 19.3 Å². The first-order valence-corrected chi connectivity index (χ1v) is 7.86. The summed E-state index contributed by atoms with van der Waals surface area (Å²) in [4.78, 5) is 0.290. The van der Waals surface area contributed by atoms with Crippen LogP contribution in [0.3, 0.4) is 0 Å². The van der Waals surface area contributed by atoms with Crippen molar-refractivity contribution in [2.24, 2.45) is 11.1 Å². The predicted octanol–water partition coefficient (Wildman–Crippen LogP) is 1.96. The monoisotopic (exact) mass is 284 g/mol. The molecule has 108 valence electrons. The molecule has 0 bridgehead atoms. The van der Waals surface area contributed by atoms with Gasteiger partial charge in [0.05, 0.1) is 4.90 Å². The highest BCUT2D eigenvalue weighted by Crippen LogP contribution is 2.21. The lowest BCUT2D eigenvalue weighted by atomic mass is 9.88. The minimum Gasteiger partial charge on any atom is -0.329 e. The molecule has 0 spiro atoms. The zero-order valence-corrected chi connectivity index (χ0v) is 13.1. The third kappa shape index (κ3) is 4.03. The van der Waals surface area contributed by atoms with Crippen LogP contribution in [0.1, 0.15) is 31.9 Å². The van der Waals surface area contributed by atoms with E-state index in [4.69, 9.17) is 5.73 Å². The van der Waals surface area contributed by atoms with Gasteiger partial charge < -0.3 is 5.73 Å². The third-order valence-corrected chi connectivity index (χ3v) is 4.84. The molecule has 4 nitrogen and oxygen atoms in total. The number of aryl methyl sites for hydroxylation is 2. The Morgan fingerprint density at radius 3 is 2.21 bits per heavy atom. The molecule has 1 rings (SSSR count). The summed E-state index contributed by atoms with van der Waals surface area (Å²) in [6.45, 7) is 10.0. The minimum atomic E-state index is -3.52. The van der Waals surface area contributed by atoms with Crippen LogP contribution < -0.4 is 10.5 Å². The number of nitrogens with two attached hydrogens (primary N) is 1. The lowest BCUT2D eigenvalue weighted by Crippen LogP contribution is -2.48. The van der Waals surface area contributed by atoms with Crippen LogP contribution in [0.2, 0.25) is 0 Å². The van der Waals surface area contributed by atoms with E-state index in [1.807, 2.05) is 40.7 Å². The summed E-state index contributed by atoms with van der Waals surface area (Å²) in [7, 11) is -3.52. The first-order valence-electron chi connectivity index (χ1n) is 6.37. The van der Waals surface area contributed by atoms with Gasteiger partial charge in [0, 0.05) is 12.6 Å². The van der Waals surface area contributed by atoms with Gasteiger partial charge in [-0.05, 0) is 42.5 Å².